The van der Waals surface area contributed by atoms with E-state index >= 15 is 0 Å². The first-order valence-corrected chi connectivity index (χ1v) is 6.48. The van der Waals surface area contributed by atoms with Gasteiger partial charge in [0, 0.05) is 18.8 Å². The highest BCUT2D eigenvalue weighted by atomic mass is 127. The molecule has 0 spiro atoms. The van der Waals surface area contributed by atoms with Crippen molar-refractivity contribution in [2.75, 3.05) is 11.4 Å². The van der Waals surface area contributed by atoms with Gasteiger partial charge in [-0.05, 0) is 48.3 Å². The van der Waals surface area contributed by atoms with Crippen LogP contribution in [0.1, 0.15) is 26.7 Å². The van der Waals surface area contributed by atoms with Crippen molar-refractivity contribution < 1.29 is 0 Å². The van der Waals surface area contributed by atoms with Crippen molar-refractivity contribution in [1.82, 2.24) is 9.97 Å². The van der Waals surface area contributed by atoms with Crippen LogP contribution in [0.3, 0.4) is 0 Å². The van der Waals surface area contributed by atoms with Gasteiger partial charge in [0.2, 0.25) is 0 Å². The van der Waals surface area contributed by atoms with Crippen LogP contribution in [0.5, 0.6) is 0 Å². The van der Waals surface area contributed by atoms with Gasteiger partial charge in [-0.3, -0.25) is 0 Å². The van der Waals surface area contributed by atoms with Crippen molar-refractivity contribution in [1.29, 1.82) is 0 Å². The quantitative estimate of drug-likeness (QED) is 0.746. The fraction of sp³-hybridized carbons (Fsp3) is 0.636. The van der Waals surface area contributed by atoms with Gasteiger partial charge in [0.1, 0.15) is 12.1 Å². The molecule has 0 amide bonds. The van der Waals surface area contributed by atoms with Gasteiger partial charge in [-0.15, -0.1) is 0 Å². The molecule has 1 aromatic rings. The fourth-order valence-corrected chi connectivity index (χ4v) is 2.85. The van der Waals surface area contributed by atoms with E-state index in [0.29, 0.717) is 6.04 Å². The van der Waals surface area contributed by atoms with Crippen molar-refractivity contribution in [3.63, 3.8) is 0 Å². The maximum atomic E-state index is 4.38. The molecule has 0 radical (unpaired) electrons. The number of hydrogen-bond donors (Lipinski definition) is 0. The summed E-state index contributed by atoms with van der Waals surface area (Å²) in [5.41, 5.74) is 0. The second-order valence-corrected chi connectivity index (χ2v) is 5.53. The molecule has 2 atom stereocenters. The lowest BCUT2D eigenvalue weighted by atomic mass is 9.93. The molecule has 2 heterocycles. The first kappa shape index (κ1) is 11.1. The maximum Gasteiger partial charge on any atom is 0.145 e. The molecule has 0 saturated carbocycles. The molecule has 0 aromatic carbocycles. The minimum atomic E-state index is 0.595. The number of rotatable bonds is 1. The lowest BCUT2D eigenvalue weighted by molar-refractivity contribution is 0.375. The van der Waals surface area contributed by atoms with Gasteiger partial charge in [0.25, 0.3) is 0 Å². The maximum absolute atomic E-state index is 4.38. The van der Waals surface area contributed by atoms with E-state index in [-0.39, 0.29) is 0 Å². The Labute approximate surface area is 104 Å². The molecule has 15 heavy (non-hydrogen) atoms. The van der Waals surface area contributed by atoms with Crippen LogP contribution in [0.25, 0.3) is 0 Å². The summed E-state index contributed by atoms with van der Waals surface area (Å²) in [6.07, 6.45) is 6.06. The van der Waals surface area contributed by atoms with Crippen LogP contribution in [0, 0.1) is 9.49 Å². The Morgan fingerprint density at radius 3 is 2.93 bits per heavy atom. The number of hydrogen-bond acceptors (Lipinski definition) is 3. The molecule has 1 fully saturated rings. The molecule has 2 rings (SSSR count). The second kappa shape index (κ2) is 4.63. The molecule has 0 bridgehead atoms. The highest BCUT2D eigenvalue weighted by molar-refractivity contribution is 14.1. The number of nitrogens with zero attached hydrogens (tertiary/aromatic N) is 3. The zero-order chi connectivity index (χ0) is 10.8. The predicted octanol–water partition coefficient (Wildman–Crippen LogP) is 2.71. The van der Waals surface area contributed by atoms with Gasteiger partial charge in [-0.25, -0.2) is 9.97 Å². The summed E-state index contributed by atoms with van der Waals surface area (Å²) < 4.78 is 1.15. The topological polar surface area (TPSA) is 29.0 Å². The number of piperidine rings is 1. The summed E-state index contributed by atoms with van der Waals surface area (Å²) in [6.45, 7) is 5.74. The van der Waals surface area contributed by atoms with Crippen molar-refractivity contribution >= 4 is 28.4 Å². The van der Waals surface area contributed by atoms with Gasteiger partial charge >= 0.3 is 0 Å². The Hall–Kier alpha value is -0.390. The number of anilines is 1. The van der Waals surface area contributed by atoms with E-state index < -0.39 is 0 Å². The molecule has 1 aliphatic heterocycles. The third-order valence-electron chi connectivity index (χ3n) is 3.06. The summed E-state index contributed by atoms with van der Waals surface area (Å²) in [5.74, 6) is 1.95. The van der Waals surface area contributed by atoms with Crippen molar-refractivity contribution in [2.24, 2.45) is 5.92 Å². The molecular formula is C11H16IN3. The van der Waals surface area contributed by atoms with E-state index in [1.807, 2.05) is 6.20 Å². The van der Waals surface area contributed by atoms with E-state index in [1.165, 1.54) is 12.8 Å². The van der Waals surface area contributed by atoms with Gasteiger partial charge in [0.05, 0.1) is 3.57 Å². The normalized spacial score (nSPS) is 26.7. The minimum absolute atomic E-state index is 0.595. The van der Waals surface area contributed by atoms with Gasteiger partial charge < -0.3 is 4.90 Å². The smallest absolute Gasteiger partial charge is 0.145 e. The summed E-state index contributed by atoms with van der Waals surface area (Å²) in [6, 6.07) is 0.595. The number of halogens is 1. The Morgan fingerprint density at radius 1 is 1.47 bits per heavy atom. The monoisotopic (exact) mass is 317 g/mol. The third kappa shape index (κ3) is 2.41. The SMILES string of the molecule is CC1CCN(c2ncncc2I)C(C)C1. The minimum Gasteiger partial charge on any atom is -0.353 e. The Morgan fingerprint density at radius 2 is 2.27 bits per heavy atom. The molecule has 4 heteroatoms. The van der Waals surface area contributed by atoms with Crippen LogP contribution in [0.15, 0.2) is 12.5 Å². The van der Waals surface area contributed by atoms with E-state index in [2.05, 4.69) is 51.3 Å². The van der Waals surface area contributed by atoms with E-state index in [9.17, 15) is 0 Å². The lowest BCUT2D eigenvalue weighted by Gasteiger charge is -2.37. The molecule has 82 valence electrons. The van der Waals surface area contributed by atoms with E-state index in [0.717, 1.165) is 21.9 Å². The Kier molecular flexibility index (Phi) is 3.43. The van der Waals surface area contributed by atoms with Crippen molar-refractivity contribution in [3.8, 4) is 0 Å². The molecule has 1 aliphatic rings. The highest BCUT2D eigenvalue weighted by Crippen LogP contribution is 2.28. The zero-order valence-electron chi connectivity index (χ0n) is 9.15. The van der Waals surface area contributed by atoms with E-state index in [4.69, 9.17) is 0 Å². The molecule has 3 nitrogen and oxygen atoms in total. The molecule has 1 saturated heterocycles. The molecule has 0 N–H and O–H groups in total. The highest BCUT2D eigenvalue weighted by Gasteiger charge is 2.24. The van der Waals surface area contributed by atoms with Crippen LogP contribution >= 0.6 is 22.6 Å². The Balaban J connectivity index is 2.20. The predicted molar refractivity (Wildman–Crippen MR) is 70.0 cm³/mol. The summed E-state index contributed by atoms with van der Waals surface area (Å²) >= 11 is 2.31. The zero-order valence-corrected chi connectivity index (χ0v) is 11.3. The first-order chi connectivity index (χ1) is 7.18. The summed E-state index contributed by atoms with van der Waals surface area (Å²) in [4.78, 5) is 10.8. The largest absolute Gasteiger partial charge is 0.353 e. The number of aromatic nitrogens is 2. The summed E-state index contributed by atoms with van der Waals surface area (Å²) in [5, 5.41) is 0. The van der Waals surface area contributed by atoms with Gasteiger partial charge in [0.15, 0.2) is 0 Å². The average Bonchev–Trinajstić information content (AvgIpc) is 2.20. The van der Waals surface area contributed by atoms with Crippen molar-refractivity contribution in [2.45, 2.75) is 32.7 Å². The Bertz CT molecular complexity index is 342. The molecule has 2 unspecified atom stereocenters. The van der Waals surface area contributed by atoms with Crippen LogP contribution in [0.2, 0.25) is 0 Å². The van der Waals surface area contributed by atoms with Crippen molar-refractivity contribution in [3.05, 3.63) is 16.1 Å². The van der Waals surface area contributed by atoms with Crippen LogP contribution in [0.4, 0.5) is 5.82 Å². The van der Waals surface area contributed by atoms with Gasteiger partial charge in [-0.1, -0.05) is 6.92 Å². The van der Waals surface area contributed by atoms with Crippen LogP contribution in [-0.4, -0.2) is 22.6 Å². The molecule has 1 aromatic heterocycles. The second-order valence-electron chi connectivity index (χ2n) is 4.37. The first-order valence-electron chi connectivity index (χ1n) is 5.40. The molecular weight excluding hydrogens is 301 g/mol. The lowest BCUT2D eigenvalue weighted by Crippen LogP contribution is -2.41. The summed E-state index contributed by atoms with van der Waals surface area (Å²) in [7, 11) is 0. The standard InChI is InChI=1S/C11H16IN3/c1-8-3-4-15(9(2)5-8)11-10(12)6-13-7-14-11/h6-9H,3-5H2,1-2H3. The fourth-order valence-electron chi connectivity index (χ4n) is 2.24. The van der Waals surface area contributed by atoms with Crippen LogP contribution in [-0.2, 0) is 0 Å². The average molecular weight is 317 g/mol. The third-order valence-corrected chi connectivity index (χ3v) is 3.82. The van der Waals surface area contributed by atoms with Gasteiger partial charge in [-0.2, -0.15) is 0 Å². The van der Waals surface area contributed by atoms with Crippen LogP contribution < -0.4 is 4.90 Å². The molecule has 0 aliphatic carbocycles. The van der Waals surface area contributed by atoms with E-state index in [1.54, 1.807) is 6.33 Å².